The maximum absolute atomic E-state index is 12.0. The molecule has 0 aromatic rings. The van der Waals surface area contributed by atoms with Crippen molar-refractivity contribution >= 4 is 11.6 Å². The van der Waals surface area contributed by atoms with Crippen LogP contribution >= 0.6 is 0 Å². The molecule has 0 aromatic heterocycles. The molecular weight excluding hydrogens is 192 g/mol. The fraction of sp³-hybridized carbons (Fsp3) is 0.667. The van der Waals surface area contributed by atoms with Crippen LogP contribution in [0.5, 0.6) is 0 Å². The molecule has 1 rings (SSSR count). The predicted molar refractivity (Wildman–Crippen MR) is 57.3 cm³/mol. The van der Waals surface area contributed by atoms with Crippen molar-refractivity contribution in [3.05, 3.63) is 12.2 Å². The van der Waals surface area contributed by atoms with Gasteiger partial charge in [0.2, 0.25) is 0 Å². The maximum Gasteiger partial charge on any atom is 0.168 e. The molecule has 3 nitrogen and oxygen atoms in total. The molecule has 15 heavy (non-hydrogen) atoms. The van der Waals surface area contributed by atoms with Crippen molar-refractivity contribution in [3.8, 4) is 0 Å². The van der Waals surface area contributed by atoms with Gasteiger partial charge in [-0.25, -0.2) is 0 Å². The van der Waals surface area contributed by atoms with Gasteiger partial charge in [0.15, 0.2) is 11.6 Å². The minimum absolute atomic E-state index is 0.0924. The van der Waals surface area contributed by atoms with Gasteiger partial charge < -0.3 is 5.11 Å². The summed E-state index contributed by atoms with van der Waals surface area (Å²) in [4.78, 5) is 23.5. The standard InChI is InChI=1S/C12H18O3/c1-7(2)10(14)9-8(13)5-6-12(3,4)11(9)15/h5-7,9-10,14H,1-4H3. The molecule has 0 amide bonds. The Morgan fingerprint density at radius 3 is 2.33 bits per heavy atom. The van der Waals surface area contributed by atoms with Crippen LogP contribution < -0.4 is 0 Å². The van der Waals surface area contributed by atoms with Gasteiger partial charge in [-0.05, 0) is 25.8 Å². The molecule has 1 aliphatic rings. The quantitative estimate of drug-likeness (QED) is 0.700. The summed E-state index contributed by atoms with van der Waals surface area (Å²) in [6.07, 6.45) is 2.15. The van der Waals surface area contributed by atoms with Crippen molar-refractivity contribution < 1.29 is 14.7 Å². The Balaban J connectivity index is 3.04. The molecule has 0 aliphatic heterocycles. The maximum atomic E-state index is 12.0. The summed E-state index contributed by atoms with van der Waals surface area (Å²) in [5.41, 5.74) is -0.644. The van der Waals surface area contributed by atoms with Crippen LogP contribution in [0.15, 0.2) is 12.2 Å². The van der Waals surface area contributed by atoms with Crippen LogP contribution in [0.1, 0.15) is 27.7 Å². The number of carbonyl (C=O) groups is 2. The van der Waals surface area contributed by atoms with Crippen LogP contribution in [0.25, 0.3) is 0 Å². The molecule has 0 saturated heterocycles. The molecule has 0 bridgehead atoms. The number of aliphatic hydroxyl groups excluding tert-OH is 1. The normalized spacial score (nSPS) is 27.2. The van der Waals surface area contributed by atoms with Gasteiger partial charge in [0.05, 0.1) is 6.10 Å². The molecular formula is C12H18O3. The summed E-state index contributed by atoms with van der Waals surface area (Å²) in [6, 6.07) is 0. The monoisotopic (exact) mass is 210 g/mol. The number of hydrogen-bond acceptors (Lipinski definition) is 3. The summed E-state index contributed by atoms with van der Waals surface area (Å²) in [5, 5.41) is 9.85. The van der Waals surface area contributed by atoms with Crippen molar-refractivity contribution in [2.45, 2.75) is 33.8 Å². The SMILES string of the molecule is CC(C)C(O)C1C(=O)C=CC(C)(C)C1=O. The van der Waals surface area contributed by atoms with E-state index in [2.05, 4.69) is 0 Å². The van der Waals surface area contributed by atoms with Crippen molar-refractivity contribution in [1.29, 1.82) is 0 Å². The predicted octanol–water partition coefficient (Wildman–Crippen LogP) is 1.35. The lowest BCUT2D eigenvalue weighted by Gasteiger charge is -2.32. The molecule has 2 unspecified atom stereocenters. The number of aliphatic hydroxyl groups is 1. The smallest absolute Gasteiger partial charge is 0.168 e. The van der Waals surface area contributed by atoms with Gasteiger partial charge in [-0.15, -0.1) is 0 Å². The minimum Gasteiger partial charge on any atom is -0.392 e. The third-order valence-corrected chi connectivity index (χ3v) is 2.91. The second kappa shape index (κ2) is 3.89. The van der Waals surface area contributed by atoms with E-state index in [1.54, 1.807) is 33.8 Å². The molecule has 1 aliphatic carbocycles. The van der Waals surface area contributed by atoms with Gasteiger partial charge in [-0.2, -0.15) is 0 Å². The summed E-state index contributed by atoms with van der Waals surface area (Å²) in [6.45, 7) is 7.13. The topological polar surface area (TPSA) is 54.4 Å². The van der Waals surface area contributed by atoms with E-state index >= 15 is 0 Å². The molecule has 2 atom stereocenters. The fourth-order valence-corrected chi connectivity index (χ4v) is 1.71. The van der Waals surface area contributed by atoms with Gasteiger partial charge in [0.25, 0.3) is 0 Å². The summed E-state index contributed by atoms with van der Waals surface area (Å²) in [5.74, 6) is -1.44. The summed E-state index contributed by atoms with van der Waals surface area (Å²) < 4.78 is 0. The molecule has 0 aromatic carbocycles. The highest BCUT2D eigenvalue weighted by Gasteiger charge is 2.43. The highest BCUT2D eigenvalue weighted by atomic mass is 16.3. The summed E-state index contributed by atoms with van der Waals surface area (Å²) in [7, 11) is 0. The van der Waals surface area contributed by atoms with E-state index in [4.69, 9.17) is 0 Å². The largest absolute Gasteiger partial charge is 0.392 e. The first-order valence-corrected chi connectivity index (χ1v) is 5.23. The van der Waals surface area contributed by atoms with Crippen molar-refractivity contribution in [2.24, 2.45) is 17.3 Å². The summed E-state index contributed by atoms with van der Waals surface area (Å²) >= 11 is 0. The lowest BCUT2D eigenvalue weighted by Crippen LogP contribution is -2.45. The van der Waals surface area contributed by atoms with Crippen LogP contribution in [0.3, 0.4) is 0 Å². The zero-order valence-corrected chi connectivity index (χ0v) is 9.65. The van der Waals surface area contributed by atoms with Gasteiger partial charge in [-0.1, -0.05) is 19.9 Å². The molecule has 0 saturated carbocycles. The number of Topliss-reactive ketones (excluding diaryl/α,β-unsaturated/α-hetero) is 1. The van der Waals surface area contributed by atoms with E-state index in [9.17, 15) is 14.7 Å². The first-order chi connectivity index (χ1) is 6.77. The fourth-order valence-electron chi connectivity index (χ4n) is 1.71. The molecule has 0 heterocycles. The van der Waals surface area contributed by atoms with Crippen LogP contribution in [-0.4, -0.2) is 22.8 Å². The Kier molecular flexibility index (Phi) is 3.14. The second-order valence-electron chi connectivity index (χ2n) is 5.03. The average molecular weight is 210 g/mol. The highest BCUT2D eigenvalue weighted by molar-refractivity contribution is 6.13. The van der Waals surface area contributed by atoms with Crippen molar-refractivity contribution in [2.75, 3.05) is 0 Å². The van der Waals surface area contributed by atoms with Crippen LogP contribution in [0.4, 0.5) is 0 Å². The molecule has 0 radical (unpaired) electrons. The number of rotatable bonds is 2. The average Bonchev–Trinajstić information content (AvgIpc) is 2.12. The number of ketones is 2. The molecule has 3 heteroatoms. The van der Waals surface area contributed by atoms with E-state index in [1.807, 2.05) is 0 Å². The van der Waals surface area contributed by atoms with Crippen molar-refractivity contribution in [3.63, 3.8) is 0 Å². The van der Waals surface area contributed by atoms with E-state index in [1.165, 1.54) is 6.08 Å². The third kappa shape index (κ3) is 2.17. The lowest BCUT2D eigenvalue weighted by atomic mass is 9.71. The number of hydrogen-bond donors (Lipinski definition) is 1. The minimum atomic E-state index is -0.884. The van der Waals surface area contributed by atoms with Gasteiger partial charge in [0.1, 0.15) is 5.92 Å². The van der Waals surface area contributed by atoms with Gasteiger partial charge in [-0.3, -0.25) is 9.59 Å². The zero-order valence-electron chi connectivity index (χ0n) is 9.65. The second-order valence-corrected chi connectivity index (χ2v) is 5.03. The molecule has 0 spiro atoms. The van der Waals surface area contributed by atoms with Gasteiger partial charge >= 0.3 is 0 Å². The van der Waals surface area contributed by atoms with Crippen LogP contribution in [-0.2, 0) is 9.59 Å². The first kappa shape index (κ1) is 12.1. The molecule has 84 valence electrons. The van der Waals surface area contributed by atoms with E-state index in [-0.39, 0.29) is 17.5 Å². The van der Waals surface area contributed by atoms with Crippen LogP contribution in [0, 0.1) is 17.3 Å². The highest BCUT2D eigenvalue weighted by Crippen LogP contribution is 2.31. The Morgan fingerprint density at radius 2 is 1.87 bits per heavy atom. The Hall–Kier alpha value is -0.960. The van der Waals surface area contributed by atoms with Crippen LogP contribution in [0.2, 0.25) is 0 Å². The number of carbonyl (C=O) groups excluding carboxylic acids is 2. The molecule has 0 fully saturated rings. The Morgan fingerprint density at radius 1 is 1.33 bits per heavy atom. The molecule has 1 N–H and O–H groups in total. The lowest BCUT2D eigenvalue weighted by molar-refractivity contribution is -0.141. The third-order valence-electron chi connectivity index (χ3n) is 2.91. The van der Waals surface area contributed by atoms with Gasteiger partial charge in [0, 0.05) is 5.41 Å². The zero-order chi connectivity index (χ0) is 11.8. The number of allylic oxidation sites excluding steroid dienone is 2. The van der Waals surface area contributed by atoms with E-state index in [0.717, 1.165) is 0 Å². The van der Waals surface area contributed by atoms with Crippen molar-refractivity contribution in [1.82, 2.24) is 0 Å². The van der Waals surface area contributed by atoms with E-state index in [0.29, 0.717) is 0 Å². The van der Waals surface area contributed by atoms with E-state index < -0.39 is 17.4 Å². The Labute approximate surface area is 90.2 Å². The first-order valence-electron chi connectivity index (χ1n) is 5.23. The Bertz CT molecular complexity index is 313.